The molecule has 1 amide bonds. The third kappa shape index (κ3) is 4.42. The zero-order valence-corrected chi connectivity index (χ0v) is 16.3. The van der Waals surface area contributed by atoms with Crippen molar-refractivity contribution >= 4 is 35.8 Å². The number of carbonyl (C=O) groups is 1. The number of carbonyl (C=O) groups excluding carboxylic acids is 1. The van der Waals surface area contributed by atoms with Crippen LogP contribution in [0.2, 0.25) is 0 Å². The molecule has 0 saturated heterocycles. The van der Waals surface area contributed by atoms with Crippen LogP contribution < -0.4 is 10.6 Å². The molecule has 7 heteroatoms. The van der Waals surface area contributed by atoms with Gasteiger partial charge in [-0.2, -0.15) is 16.9 Å². The fourth-order valence-corrected chi connectivity index (χ4v) is 4.89. The third-order valence-electron chi connectivity index (χ3n) is 4.99. The molecular formula is C19H25ClN4OS. The highest BCUT2D eigenvalue weighted by Crippen LogP contribution is 2.32. The summed E-state index contributed by atoms with van der Waals surface area (Å²) in [4.78, 5) is 12.6. The van der Waals surface area contributed by atoms with E-state index in [2.05, 4.69) is 33.0 Å². The van der Waals surface area contributed by atoms with E-state index < -0.39 is 0 Å². The van der Waals surface area contributed by atoms with Gasteiger partial charge in [0.15, 0.2) is 5.69 Å². The Bertz CT molecular complexity index is 758. The number of nitrogens with one attached hydrogen (secondary N) is 3. The van der Waals surface area contributed by atoms with Gasteiger partial charge in [0.05, 0.1) is 0 Å². The van der Waals surface area contributed by atoms with Crippen molar-refractivity contribution in [3.63, 3.8) is 0 Å². The lowest BCUT2D eigenvalue weighted by molar-refractivity contribution is 0.102. The number of anilines is 1. The minimum Gasteiger partial charge on any atom is -0.321 e. The Labute approximate surface area is 164 Å². The first kappa shape index (κ1) is 19.3. The number of aromatic nitrogens is 2. The second-order valence-electron chi connectivity index (χ2n) is 6.83. The molecule has 0 radical (unpaired) electrons. The fraction of sp³-hybridized carbons (Fsp3) is 0.474. The predicted molar refractivity (Wildman–Crippen MR) is 109 cm³/mol. The number of nitrogens with zero attached hydrogens (tertiary/aromatic N) is 1. The maximum absolute atomic E-state index is 12.6. The first-order chi connectivity index (χ1) is 12.3. The second kappa shape index (κ2) is 8.93. The largest absolute Gasteiger partial charge is 0.321 e. The third-order valence-corrected chi connectivity index (χ3v) is 6.44. The van der Waals surface area contributed by atoms with E-state index in [4.69, 9.17) is 0 Å². The van der Waals surface area contributed by atoms with Crippen molar-refractivity contribution < 1.29 is 4.79 Å². The Morgan fingerprint density at radius 3 is 3.00 bits per heavy atom. The van der Waals surface area contributed by atoms with E-state index in [1.54, 1.807) is 0 Å². The van der Waals surface area contributed by atoms with Gasteiger partial charge < -0.3 is 10.6 Å². The topological polar surface area (TPSA) is 69.8 Å². The van der Waals surface area contributed by atoms with Crippen LogP contribution in [0, 0.1) is 0 Å². The Balaban J connectivity index is 0.00000196. The lowest BCUT2D eigenvalue weighted by atomic mass is 10.1. The molecule has 0 unspecified atom stereocenters. The fourth-order valence-electron chi connectivity index (χ4n) is 3.61. The molecule has 1 aliphatic heterocycles. The zero-order valence-electron chi connectivity index (χ0n) is 14.7. The van der Waals surface area contributed by atoms with Crippen LogP contribution in [0.15, 0.2) is 24.3 Å². The van der Waals surface area contributed by atoms with E-state index in [0.29, 0.717) is 12.2 Å². The Morgan fingerprint density at radius 2 is 2.15 bits per heavy atom. The van der Waals surface area contributed by atoms with E-state index in [0.717, 1.165) is 40.9 Å². The molecule has 4 rings (SSSR count). The summed E-state index contributed by atoms with van der Waals surface area (Å²) in [6.07, 6.45) is 6.33. The number of amides is 1. The number of aromatic amines is 1. The Morgan fingerprint density at radius 1 is 1.31 bits per heavy atom. The highest BCUT2D eigenvalue weighted by molar-refractivity contribution is 7.99. The Hall–Kier alpha value is -1.50. The SMILES string of the molecule is Cl.O=C(Nc1cccc(CSC2CCCC2)c1)c1n[nH]c2c1CNCC2. The molecule has 1 aromatic carbocycles. The molecule has 1 aliphatic carbocycles. The van der Waals surface area contributed by atoms with Crippen molar-refractivity contribution in [2.75, 3.05) is 11.9 Å². The summed E-state index contributed by atoms with van der Waals surface area (Å²) in [6.45, 7) is 1.63. The molecule has 26 heavy (non-hydrogen) atoms. The predicted octanol–water partition coefficient (Wildman–Crippen LogP) is 3.91. The number of H-pyrrole nitrogens is 1. The van der Waals surface area contributed by atoms with E-state index in [1.807, 2.05) is 23.9 Å². The quantitative estimate of drug-likeness (QED) is 0.721. The van der Waals surface area contributed by atoms with E-state index >= 15 is 0 Å². The van der Waals surface area contributed by atoms with Gasteiger partial charge in [-0.15, -0.1) is 12.4 Å². The minimum atomic E-state index is -0.137. The van der Waals surface area contributed by atoms with Crippen molar-refractivity contribution in [1.82, 2.24) is 15.5 Å². The first-order valence-corrected chi connectivity index (χ1v) is 10.1. The standard InChI is InChI=1S/C19H24N4OS.ClH/c24-19(18-16-11-20-9-8-17(16)22-23-18)21-14-5-3-4-13(10-14)12-25-15-6-1-2-7-15;/h3-5,10,15,20H,1-2,6-9,11-12H2,(H,21,24)(H,22,23);1H. The van der Waals surface area contributed by atoms with E-state index in [1.165, 1.54) is 31.2 Å². The van der Waals surface area contributed by atoms with Crippen LogP contribution in [-0.4, -0.2) is 27.9 Å². The molecular weight excluding hydrogens is 368 g/mol. The lowest BCUT2D eigenvalue weighted by Crippen LogP contribution is -2.25. The number of halogens is 1. The monoisotopic (exact) mass is 392 g/mol. The molecule has 1 fully saturated rings. The lowest BCUT2D eigenvalue weighted by Gasteiger charge is -2.13. The normalized spacial score (nSPS) is 16.8. The number of fused-ring (bicyclic) bond motifs is 1. The Kier molecular flexibility index (Phi) is 6.62. The van der Waals surface area contributed by atoms with Crippen LogP contribution in [0.5, 0.6) is 0 Å². The number of hydrogen-bond acceptors (Lipinski definition) is 4. The van der Waals surface area contributed by atoms with Crippen LogP contribution >= 0.6 is 24.2 Å². The summed E-state index contributed by atoms with van der Waals surface area (Å²) in [5, 5.41) is 14.3. The number of thioether (sulfide) groups is 1. The van der Waals surface area contributed by atoms with Crippen LogP contribution in [-0.2, 0) is 18.7 Å². The minimum absolute atomic E-state index is 0. The van der Waals surface area contributed by atoms with E-state index in [9.17, 15) is 4.79 Å². The van der Waals surface area contributed by atoms with Gasteiger partial charge >= 0.3 is 0 Å². The van der Waals surface area contributed by atoms with Crippen LogP contribution in [0.3, 0.4) is 0 Å². The summed E-state index contributed by atoms with van der Waals surface area (Å²) in [7, 11) is 0. The maximum Gasteiger partial charge on any atom is 0.276 e. The van der Waals surface area contributed by atoms with Gasteiger partial charge in [-0.1, -0.05) is 25.0 Å². The molecule has 1 saturated carbocycles. The molecule has 3 N–H and O–H groups in total. The number of benzene rings is 1. The summed E-state index contributed by atoms with van der Waals surface area (Å²) >= 11 is 2.04. The van der Waals surface area contributed by atoms with Gasteiger partial charge in [0.25, 0.3) is 5.91 Å². The summed E-state index contributed by atoms with van der Waals surface area (Å²) < 4.78 is 0. The van der Waals surface area contributed by atoms with Crippen molar-refractivity contribution in [2.24, 2.45) is 0 Å². The van der Waals surface area contributed by atoms with Crippen molar-refractivity contribution in [3.05, 3.63) is 46.8 Å². The van der Waals surface area contributed by atoms with Gasteiger partial charge in [0.2, 0.25) is 0 Å². The van der Waals surface area contributed by atoms with Crippen molar-refractivity contribution in [2.45, 2.75) is 49.7 Å². The molecule has 0 bridgehead atoms. The summed E-state index contributed by atoms with van der Waals surface area (Å²) in [6, 6.07) is 8.18. The number of hydrogen-bond donors (Lipinski definition) is 3. The van der Waals surface area contributed by atoms with Gasteiger partial charge in [-0.25, -0.2) is 0 Å². The molecule has 2 heterocycles. The average Bonchev–Trinajstić information content (AvgIpc) is 3.30. The highest BCUT2D eigenvalue weighted by atomic mass is 35.5. The molecule has 2 aromatic rings. The molecule has 0 spiro atoms. The molecule has 1 aromatic heterocycles. The van der Waals surface area contributed by atoms with E-state index in [-0.39, 0.29) is 18.3 Å². The maximum atomic E-state index is 12.6. The first-order valence-electron chi connectivity index (χ1n) is 9.08. The second-order valence-corrected chi connectivity index (χ2v) is 8.12. The number of rotatable bonds is 5. The van der Waals surface area contributed by atoms with Gasteiger partial charge in [0.1, 0.15) is 0 Å². The zero-order chi connectivity index (χ0) is 17.1. The van der Waals surface area contributed by atoms with Gasteiger partial charge in [-0.05, 0) is 30.5 Å². The van der Waals surface area contributed by atoms with Crippen molar-refractivity contribution in [1.29, 1.82) is 0 Å². The summed E-state index contributed by atoms with van der Waals surface area (Å²) in [5.41, 5.74) is 4.69. The van der Waals surface area contributed by atoms with Crippen molar-refractivity contribution in [3.8, 4) is 0 Å². The van der Waals surface area contributed by atoms with Gasteiger partial charge in [0, 0.05) is 47.5 Å². The van der Waals surface area contributed by atoms with Gasteiger partial charge in [-0.3, -0.25) is 9.89 Å². The summed E-state index contributed by atoms with van der Waals surface area (Å²) in [5.74, 6) is 0.873. The highest BCUT2D eigenvalue weighted by Gasteiger charge is 2.21. The molecule has 0 atom stereocenters. The van der Waals surface area contributed by atoms with Crippen LogP contribution in [0.25, 0.3) is 0 Å². The van der Waals surface area contributed by atoms with Crippen LogP contribution in [0.4, 0.5) is 5.69 Å². The average molecular weight is 393 g/mol. The molecule has 140 valence electrons. The molecule has 2 aliphatic rings. The smallest absolute Gasteiger partial charge is 0.276 e. The molecule has 5 nitrogen and oxygen atoms in total. The van der Waals surface area contributed by atoms with Crippen LogP contribution in [0.1, 0.15) is 53.0 Å².